The standard InChI is InChI=1S/C22H24O5/c1-14-5-10-21(20(24)12-14)27-17(4)22(25)26-13-15(2)11-18-6-8-19(9-7-18)16(3)23/h5-10,12-13,17,24H,11H2,1-4H3/b15-13+. The number of aryl methyl sites for hydroxylation is 1. The third-order valence-corrected chi connectivity index (χ3v) is 3.97. The highest BCUT2D eigenvalue weighted by atomic mass is 16.6. The van der Waals surface area contributed by atoms with Crippen LogP contribution in [0.3, 0.4) is 0 Å². The molecule has 0 heterocycles. The van der Waals surface area contributed by atoms with Crippen molar-refractivity contribution in [2.24, 2.45) is 0 Å². The Morgan fingerprint density at radius 1 is 1.11 bits per heavy atom. The average molecular weight is 368 g/mol. The fraction of sp³-hybridized carbons (Fsp3) is 0.273. The summed E-state index contributed by atoms with van der Waals surface area (Å²) in [5.74, 6) is -0.315. The van der Waals surface area contributed by atoms with Crippen LogP contribution in [0.2, 0.25) is 0 Å². The van der Waals surface area contributed by atoms with E-state index in [0.29, 0.717) is 12.0 Å². The third kappa shape index (κ3) is 5.99. The van der Waals surface area contributed by atoms with Gasteiger partial charge in [-0.15, -0.1) is 0 Å². The van der Waals surface area contributed by atoms with Crippen LogP contribution < -0.4 is 4.74 Å². The maximum Gasteiger partial charge on any atom is 0.351 e. The predicted octanol–water partition coefficient (Wildman–Crippen LogP) is 4.36. The normalized spacial score (nSPS) is 12.4. The molecule has 1 atom stereocenters. The van der Waals surface area contributed by atoms with Gasteiger partial charge in [0.15, 0.2) is 23.4 Å². The number of Topliss-reactive ketones (excluding diaryl/α,β-unsaturated/α-hetero) is 1. The number of ketones is 1. The summed E-state index contributed by atoms with van der Waals surface area (Å²) >= 11 is 0. The molecule has 0 aliphatic carbocycles. The SMILES string of the molecule is CC(=O)c1ccc(C/C(C)=C/OC(=O)C(C)Oc2ccc(C)cc2O)cc1. The minimum Gasteiger partial charge on any atom is -0.504 e. The second-order valence-corrected chi connectivity index (χ2v) is 6.56. The number of phenolic OH excluding ortho intramolecular Hbond substituents is 1. The number of hydrogen-bond acceptors (Lipinski definition) is 5. The first-order valence-electron chi connectivity index (χ1n) is 8.68. The van der Waals surface area contributed by atoms with E-state index in [-0.39, 0.29) is 17.3 Å². The lowest BCUT2D eigenvalue weighted by molar-refractivity contribution is -0.145. The fourth-order valence-electron chi connectivity index (χ4n) is 2.44. The topological polar surface area (TPSA) is 72.8 Å². The number of allylic oxidation sites excluding steroid dienone is 1. The lowest BCUT2D eigenvalue weighted by Crippen LogP contribution is -2.24. The number of carbonyl (C=O) groups excluding carboxylic acids is 2. The summed E-state index contributed by atoms with van der Waals surface area (Å²) in [5.41, 5.74) is 3.42. The number of esters is 1. The van der Waals surface area contributed by atoms with E-state index in [9.17, 15) is 14.7 Å². The van der Waals surface area contributed by atoms with Gasteiger partial charge in [-0.3, -0.25) is 4.79 Å². The number of ether oxygens (including phenoxy) is 2. The van der Waals surface area contributed by atoms with Crippen LogP contribution in [-0.4, -0.2) is 23.0 Å². The quantitative estimate of drug-likeness (QED) is 0.447. The summed E-state index contributed by atoms with van der Waals surface area (Å²) in [6, 6.07) is 12.3. The molecular weight excluding hydrogens is 344 g/mol. The zero-order valence-corrected chi connectivity index (χ0v) is 16.0. The minimum absolute atomic E-state index is 0.0182. The first kappa shape index (κ1) is 20.2. The molecule has 5 nitrogen and oxygen atoms in total. The molecule has 0 aliphatic heterocycles. The Morgan fingerprint density at radius 3 is 2.37 bits per heavy atom. The van der Waals surface area contributed by atoms with Gasteiger partial charge in [0.1, 0.15) is 0 Å². The van der Waals surface area contributed by atoms with Gasteiger partial charge < -0.3 is 14.6 Å². The molecule has 1 N–H and O–H groups in total. The molecule has 2 aromatic rings. The first-order valence-corrected chi connectivity index (χ1v) is 8.68. The van der Waals surface area contributed by atoms with E-state index in [1.54, 1.807) is 37.3 Å². The molecule has 2 rings (SSSR count). The molecule has 0 spiro atoms. The van der Waals surface area contributed by atoms with Gasteiger partial charge in [-0.1, -0.05) is 30.3 Å². The summed E-state index contributed by atoms with van der Waals surface area (Å²) in [4.78, 5) is 23.4. The van der Waals surface area contributed by atoms with Crippen molar-refractivity contribution >= 4 is 11.8 Å². The van der Waals surface area contributed by atoms with Gasteiger partial charge in [-0.05, 0) is 62.9 Å². The fourth-order valence-corrected chi connectivity index (χ4v) is 2.44. The third-order valence-electron chi connectivity index (χ3n) is 3.97. The summed E-state index contributed by atoms with van der Waals surface area (Å²) in [6.45, 7) is 6.79. The largest absolute Gasteiger partial charge is 0.504 e. The second-order valence-electron chi connectivity index (χ2n) is 6.56. The van der Waals surface area contributed by atoms with Crippen molar-refractivity contribution in [2.75, 3.05) is 0 Å². The van der Waals surface area contributed by atoms with Crippen LogP contribution in [0.5, 0.6) is 11.5 Å². The maximum absolute atomic E-state index is 12.1. The highest BCUT2D eigenvalue weighted by molar-refractivity contribution is 5.94. The van der Waals surface area contributed by atoms with Crippen LogP contribution in [0.4, 0.5) is 0 Å². The van der Waals surface area contributed by atoms with Crippen LogP contribution in [0.25, 0.3) is 0 Å². The Hall–Kier alpha value is -3.08. The predicted molar refractivity (Wildman–Crippen MR) is 103 cm³/mol. The second kappa shape index (κ2) is 9.03. The first-order chi connectivity index (χ1) is 12.8. The number of aromatic hydroxyl groups is 1. The molecule has 0 radical (unpaired) electrons. The highest BCUT2D eigenvalue weighted by Gasteiger charge is 2.17. The molecule has 0 aromatic heterocycles. The van der Waals surface area contributed by atoms with E-state index in [4.69, 9.17) is 9.47 Å². The monoisotopic (exact) mass is 368 g/mol. The Balaban J connectivity index is 1.91. The Morgan fingerprint density at radius 2 is 1.78 bits per heavy atom. The van der Waals surface area contributed by atoms with Crippen molar-refractivity contribution in [1.29, 1.82) is 0 Å². The van der Waals surface area contributed by atoms with E-state index >= 15 is 0 Å². The van der Waals surface area contributed by atoms with Crippen LogP contribution in [0, 0.1) is 6.92 Å². The summed E-state index contributed by atoms with van der Waals surface area (Å²) < 4.78 is 10.6. The molecule has 5 heteroatoms. The van der Waals surface area contributed by atoms with E-state index in [2.05, 4.69) is 0 Å². The molecule has 1 unspecified atom stereocenters. The Bertz CT molecular complexity index is 850. The molecule has 27 heavy (non-hydrogen) atoms. The number of phenols is 1. The summed E-state index contributed by atoms with van der Waals surface area (Å²) in [7, 11) is 0. The molecular formula is C22H24O5. The lowest BCUT2D eigenvalue weighted by atomic mass is 10.0. The number of rotatable bonds is 7. The van der Waals surface area contributed by atoms with Gasteiger partial charge in [-0.2, -0.15) is 0 Å². The van der Waals surface area contributed by atoms with Gasteiger partial charge in [0.2, 0.25) is 0 Å². The van der Waals surface area contributed by atoms with Gasteiger partial charge in [0.25, 0.3) is 0 Å². The number of carbonyl (C=O) groups is 2. The van der Waals surface area contributed by atoms with Crippen LogP contribution in [0.1, 0.15) is 42.3 Å². The molecule has 0 saturated carbocycles. The van der Waals surface area contributed by atoms with Gasteiger partial charge in [-0.25, -0.2) is 4.79 Å². The molecule has 0 fully saturated rings. The number of hydrogen-bond donors (Lipinski definition) is 1. The van der Waals surface area contributed by atoms with Gasteiger partial charge in [0, 0.05) is 5.56 Å². The molecule has 0 aliphatic rings. The zero-order valence-electron chi connectivity index (χ0n) is 16.0. The van der Waals surface area contributed by atoms with E-state index < -0.39 is 12.1 Å². The van der Waals surface area contributed by atoms with E-state index in [1.807, 2.05) is 26.0 Å². The van der Waals surface area contributed by atoms with Crippen LogP contribution >= 0.6 is 0 Å². The maximum atomic E-state index is 12.1. The van der Waals surface area contributed by atoms with Gasteiger partial charge in [0.05, 0.1) is 6.26 Å². The van der Waals surface area contributed by atoms with Crippen molar-refractivity contribution in [3.63, 3.8) is 0 Å². The zero-order chi connectivity index (χ0) is 20.0. The molecule has 2 aromatic carbocycles. The number of benzene rings is 2. The summed E-state index contributed by atoms with van der Waals surface area (Å²) in [6.07, 6.45) is 1.13. The molecule has 0 bridgehead atoms. The van der Waals surface area contributed by atoms with Crippen molar-refractivity contribution in [3.05, 3.63) is 71.0 Å². The lowest BCUT2D eigenvalue weighted by Gasteiger charge is -2.14. The average Bonchev–Trinajstić information content (AvgIpc) is 2.62. The van der Waals surface area contributed by atoms with Gasteiger partial charge >= 0.3 is 5.97 Å². The highest BCUT2D eigenvalue weighted by Crippen LogP contribution is 2.27. The Kier molecular flexibility index (Phi) is 6.77. The molecule has 0 saturated heterocycles. The summed E-state index contributed by atoms with van der Waals surface area (Å²) in [5, 5.41) is 9.85. The van der Waals surface area contributed by atoms with Crippen molar-refractivity contribution in [2.45, 2.75) is 40.2 Å². The Labute approximate surface area is 159 Å². The van der Waals surface area contributed by atoms with Crippen molar-refractivity contribution in [1.82, 2.24) is 0 Å². The van der Waals surface area contributed by atoms with Crippen molar-refractivity contribution in [3.8, 4) is 11.5 Å². The smallest absolute Gasteiger partial charge is 0.351 e. The van der Waals surface area contributed by atoms with E-state index in [0.717, 1.165) is 16.7 Å². The van der Waals surface area contributed by atoms with Crippen LogP contribution in [-0.2, 0) is 16.0 Å². The van der Waals surface area contributed by atoms with E-state index in [1.165, 1.54) is 13.2 Å². The minimum atomic E-state index is -0.863. The van der Waals surface area contributed by atoms with Crippen molar-refractivity contribution < 1.29 is 24.2 Å². The molecule has 142 valence electrons. The van der Waals surface area contributed by atoms with Crippen LogP contribution in [0.15, 0.2) is 54.3 Å². The molecule has 0 amide bonds.